The van der Waals surface area contributed by atoms with Gasteiger partial charge in [-0.15, -0.1) is 29.0 Å². The molecular weight excluding hydrogens is 787 g/mol. The van der Waals surface area contributed by atoms with E-state index >= 15 is 0 Å². The summed E-state index contributed by atoms with van der Waals surface area (Å²) in [6.45, 7) is 8.41. The Labute approximate surface area is 314 Å². The minimum atomic E-state index is -0.333. The van der Waals surface area contributed by atoms with Crippen molar-refractivity contribution in [3.63, 3.8) is 0 Å². The molecule has 0 aliphatic carbocycles. The van der Waals surface area contributed by atoms with Crippen molar-refractivity contribution in [2.24, 2.45) is 5.10 Å². The fraction of sp³-hybridized carbons (Fsp3) is 0.353. The molecule has 2 aliphatic heterocycles. The number of thioether (sulfide) groups is 1. The van der Waals surface area contributed by atoms with Crippen LogP contribution in [-0.2, 0) is 20.7 Å². The van der Waals surface area contributed by atoms with Gasteiger partial charge in [-0.1, -0.05) is 49.7 Å². The van der Waals surface area contributed by atoms with Crippen LogP contribution in [0, 0.1) is 43.8 Å². The molecular formula is C34H37ClHoN7O3S-. The molecule has 2 saturated heterocycles. The summed E-state index contributed by atoms with van der Waals surface area (Å²) in [5.41, 5.74) is 8.85. The molecule has 1 aromatic heterocycles. The van der Waals surface area contributed by atoms with Gasteiger partial charge < -0.3 is 20.2 Å². The number of ether oxygens (including phenoxy) is 2. The molecule has 0 spiro atoms. The number of rotatable bonds is 12. The number of aromatic nitrogens is 3. The van der Waals surface area contributed by atoms with Crippen LogP contribution < -0.4 is 15.6 Å². The quantitative estimate of drug-likeness (QED) is 0.0788. The molecule has 0 saturated carbocycles. The first-order valence-electron chi connectivity index (χ1n) is 15.4. The van der Waals surface area contributed by atoms with Crippen molar-refractivity contribution >= 4 is 46.6 Å². The van der Waals surface area contributed by atoms with Gasteiger partial charge in [-0.05, 0) is 47.9 Å². The van der Waals surface area contributed by atoms with Gasteiger partial charge in [0.05, 0.1) is 37.1 Å². The number of para-hydroxylation sites is 1. The Kier molecular flexibility index (Phi) is 12.6. The van der Waals surface area contributed by atoms with Gasteiger partial charge in [-0.3, -0.25) is 9.69 Å². The molecule has 1 unspecified atom stereocenters. The number of carbonyl (C=O) groups excluding carboxylic acids is 1. The molecule has 3 aromatic carbocycles. The van der Waals surface area contributed by atoms with E-state index in [0.717, 1.165) is 28.2 Å². The fourth-order valence-corrected chi connectivity index (χ4v) is 6.82. The number of amides is 1. The third-order valence-electron chi connectivity index (χ3n) is 7.71. The fourth-order valence-electron chi connectivity index (χ4n) is 5.49. The predicted molar refractivity (Wildman–Crippen MR) is 184 cm³/mol. The Morgan fingerprint density at radius 3 is 2.64 bits per heavy atom. The average molecular weight is 824 g/mol. The number of anilines is 2. The summed E-state index contributed by atoms with van der Waals surface area (Å²) in [5.74, 6) is 1.97. The molecule has 10 nitrogen and oxygen atoms in total. The van der Waals surface area contributed by atoms with Crippen LogP contribution in [-0.4, -0.2) is 70.1 Å². The molecule has 1 amide bonds. The number of benzene rings is 3. The third-order valence-corrected chi connectivity index (χ3v) is 9.20. The Hall–Kier alpha value is -2.64. The molecule has 1 atom stereocenters. The monoisotopic (exact) mass is 823 g/mol. The van der Waals surface area contributed by atoms with Crippen LogP contribution in [0.25, 0.3) is 17.1 Å². The maximum atomic E-state index is 12.8. The van der Waals surface area contributed by atoms with E-state index in [9.17, 15) is 4.79 Å². The smallest absolute Gasteiger partial charge is 0.238 e. The van der Waals surface area contributed by atoms with Crippen molar-refractivity contribution in [2.45, 2.75) is 44.8 Å². The van der Waals surface area contributed by atoms with Crippen molar-refractivity contribution in [3.8, 4) is 17.1 Å². The number of hydrogen-bond donors (Lipinski definition) is 2. The number of carbonyl (C=O) groups is 1. The Balaban J connectivity index is 0.00000433. The van der Waals surface area contributed by atoms with Gasteiger partial charge in [-0.25, -0.2) is 4.68 Å². The zero-order chi connectivity index (χ0) is 32.0. The van der Waals surface area contributed by atoms with E-state index in [-0.39, 0.29) is 55.3 Å². The Bertz CT molecular complexity index is 1700. The van der Waals surface area contributed by atoms with Crippen LogP contribution in [0.2, 0.25) is 5.02 Å². The van der Waals surface area contributed by atoms with Crippen molar-refractivity contribution < 1.29 is 52.0 Å². The van der Waals surface area contributed by atoms with E-state index in [2.05, 4.69) is 41.8 Å². The Morgan fingerprint density at radius 2 is 1.89 bits per heavy atom. The molecule has 2 aliphatic rings. The molecule has 6 rings (SSSR count). The second kappa shape index (κ2) is 16.6. The summed E-state index contributed by atoms with van der Waals surface area (Å²) >= 11 is 8.44. The van der Waals surface area contributed by atoms with E-state index in [1.165, 1.54) is 5.56 Å². The molecule has 47 heavy (non-hydrogen) atoms. The molecule has 0 bridgehead atoms. The summed E-state index contributed by atoms with van der Waals surface area (Å²) in [5, 5.41) is 13.2. The van der Waals surface area contributed by atoms with E-state index < -0.39 is 0 Å². The van der Waals surface area contributed by atoms with Gasteiger partial charge >= 0.3 is 0 Å². The van der Waals surface area contributed by atoms with Gasteiger partial charge in [0.2, 0.25) is 11.9 Å². The maximum absolute atomic E-state index is 12.8. The van der Waals surface area contributed by atoms with E-state index in [0.29, 0.717) is 61.2 Å². The van der Waals surface area contributed by atoms with Gasteiger partial charge in [0.25, 0.3) is 0 Å². The summed E-state index contributed by atoms with van der Waals surface area (Å²) in [6.07, 6.45) is 0.278. The van der Waals surface area contributed by atoms with Crippen molar-refractivity contribution in [1.29, 1.82) is 0 Å². The summed E-state index contributed by atoms with van der Waals surface area (Å²) in [6, 6.07) is 24.6. The van der Waals surface area contributed by atoms with Gasteiger partial charge in [0, 0.05) is 61.1 Å². The van der Waals surface area contributed by atoms with E-state index in [4.69, 9.17) is 31.2 Å². The predicted octanol–water partition coefficient (Wildman–Crippen LogP) is 5.91. The maximum Gasteiger partial charge on any atom is 0.238 e. The third kappa shape index (κ3) is 8.70. The topological polar surface area (TPSA) is 106 Å². The Morgan fingerprint density at radius 1 is 1.13 bits per heavy atom. The first-order valence-corrected chi connectivity index (χ1v) is 16.8. The van der Waals surface area contributed by atoms with Crippen LogP contribution in [0.1, 0.15) is 37.8 Å². The molecule has 1 radical (unpaired) electrons. The zero-order valence-electron chi connectivity index (χ0n) is 26.4. The SMILES string of the molecule is C/C(Cc1ccc(-c2nc(NCC3OCCO3)n(-c3cc[c-]cc3)n2)c(Cl)c1)=N/NCC1SCC(=O)N1c1ccccc1C(C)C.[Ho]. The summed E-state index contributed by atoms with van der Waals surface area (Å²) in [7, 11) is 0. The van der Waals surface area contributed by atoms with Crippen molar-refractivity contribution in [2.75, 3.05) is 42.3 Å². The van der Waals surface area contributed by atoms with Gasteiger partial charge in [0.15, 0.2) is 12.1 Å². The van der Waals surface area contributed by atoms with E-state index in [1.807, 2.05) is 72.5 Å². The normalized spacial score (nSPS) is 17.0. The average Bonchev–Trinajstić information content (AvgIpc) is 3.81. The van der Waals surface area contributed by atoms with E-state index in [1.54, 1.807) is 16.4 Å². The number of nitrogens with zero attached hydrogens (tertiary/aromatic N) is 5. The minimum absolute atomic E-state index is 0. The van der Waals surface area contributed by atoms with Crippen LogP contribution in [0.5, 0.6) is 0 Å². The molecule has 13 heteroatoms. The van der Waals surface area contributed by atoms with Crippen molar-refractivity contribution in [1.82, 2.24) is 20.2 Å². The van der Waals surface area contributed by atoms with Crippen molar-refractivity contribution in [3.05, 3.63) is 88.9 Å². The van der Waals surface area contributed by atoms with Gasteiger partial charge in [-0.2, -0.15) is 28.3 Å². The first-order chi connectivity index (χ1) is 22.4. The van der Waals surface area contributed by atoms with Gasteiger partial charge in [0.1, 0.15) is 5.37 Å². The number of hydrogen-bond acceptors (Lipinski definition) is 9. The molecule has 2 fully saturated rings. The zero-order valence-corrected chi connectivity index (χ0v) is 29.9. The standard InChI is InChI=1S/C34H37ClN7O3S.Ho/c1-22(2)26-11-7-8-12-29(26)41-30(43)21-46-31(41)19-37-39-23(3)17-24-13-14-27(28(35)18-24)33-38-34(36-20-32-44-15-16-45-32)42(40-33)25-9-5-4-6-10-25;/h5-14,18,22,31-32,37H,15-17,19-21H2,1-3H3,(H,36,38,40);/q-1;/b39-23-;. The first kappa shape index (κ1) is 35.7. The molecule has 251 valence electrons. The number of hydrazone groups is 1. The summed E-state index contributed by atoms with van der Waals surface area (Å²) in [4.78, 5) is 19.5. The molecule has 2 N–H and O–H groups in total. The molecule has 4 aromatic rings. The van der Waals surface area contributed by atoms with Crippen LogP contribution in [0.15, 0.2) is 71.8 Å². The second-order valence-corrected chi connectivity index (χ2v) is 13.0. The summed E-state index contributed by atoms with van der Waals surface area (Å²) < 4.78 is 12.9. The van der Waals surface area contributed by atoms with Crippen LogP contribution >= 0.6 is 23.4 Å². The second-order valence-electron chi connectivity index (χ2n) is 11.4. The number of nitrogens with one attached hydrogen (secondary N) is 2. The molecule has 3 heterocycles. The van der Waals surface area contributed by atoms with Crippen LogP contribution in [0.3, 0.4) is 0 Å². The largest absolute Gasteiger partial charge is 0.349 e. The number of halogens is 1. The van der Waals surface area contributed by atoms with Crippen LogP contribution in [0.4, 0.5) is 11.6 Å². The minimum Gasteiger partial charge on any atom is -0.349 e.